The van der Waals surface area contributed by atoms with Crippen molar-refractivity contribution in [1.82, 2.24) is 14.9 Å². The fourth-order valence-corrected chi connectivity index (χ4v) is 2.21. The molecule has 2 rings (SSSR count). The minimum absolute atomic E-state index is 0.0243. The van der Waals surface area contributed by atoms with E-state index in [1.807, 2.05) is 42.1 Å². The number of methoxy groups -OCH3 is 1. The van der Waals surface area contributed by atoms with Crippen molar-refractivity contribution < 1.29 is 9.53 Å². The third-order valence-electron chi connectivity index (χ3n) is 3.45. The molecule has 0 saturated heterocycles. The highest BCUT2D eigenvalue weighted by Gasteiger charge is 2.20. The molecule has 0 bridgehead atoms. The lowest BCUT2D eigenvalue weighted by Gasteiger charge is -2.19. The van der Waals surface area contributed by atoms with E-state index in [2.05, 4.69) is 16.9 Å². The molecule has 0 aliphatic rings. The number of imidazole rings is 1. The van der Waals surface area contributed by atoms with E-state index in [4.69, 9.17) is 4.74 Å². The molecule has 5 nitrogen and oxygen atoms in total. The number of hydrogen-bond donors (Lipinski definition) is 1. The van der Waals surface area contributed by atoms with E-state index < -0.39 is 0 Å². The molecule has 2 aromatic rings. The third kappa shape index (κ3) is 3.75. The Morgan fingerprint density at radius 1 is 1.45 bits per heavy atom. The fourth-order valence-electron chi connectivity index (χ4n) is 2.21. The largest absolute Gasteiger partial charge is 0.497 e. The van der Waals surface area contributed by atoms with Gasteiger partial charge in [0, 0.05) is 25.9 Å². The quantitative estimate of drug-likeness (QED) is 0.800. The van der Waals surface area contributed by atoms with Gasteiger partial charge in [0.25, 0.3) is 0 Å². The number of amides is 1. The molecule has 1 atom stereocenters. The van der Waals surface area contributed by atoms with Crippen LogP contribution in [0.1, 0.15) is 30.3 Å². The summed E-state index contributed by atoms with van der Waals surface area (Å²) in [6.07, 6.45) is 6.40. The van der Waals surface area contributed by atoms with Gasteiger partial charge in [-0.1, -0.05) is 18.2 Å². The van der Waals surface area contributed by atoms with Gasteiger partial charge in [-0.25, -0.2) is 4.98 Å². The van der Waals surface area contributed by atoms with Crippen LogP contribution in [0.2, 0.25) is 0 Å². The van der Waals surface area contributed by atoms with Crippen LogP contribution in [0, 0.1) is 0 Å². The average molecular weight is 299 g/mol. The molecule has 0 fully saturated rings. The molecule has 0 aliphatic carbocycles. The summed E-state index contributed by atoms with van der Waals surface area (Å²) in [5.41, 5.74) is 0.960. The second-order valence-corrected chi connectivity index (χ2v) is 5.00. The van der Waals surface area contributed by atoms with E-state index in [9.17, 15) is 4.79 Å². The minimum atomic E-state index is -0.289. The van der Waals surface area contributed by atoms with Gasteiger partial charge in [-0.05, 0) is 24.1 Å². The Kier molecular flexibility index (Phi) is 5.36. The van der Waals surface area contributed by atoms with Crippen LogP contribution in [0.15, 0.2) is 49.3 Å². The number of carbonyl (C=O) groups is 1. The van der Waals surface area contributed by atoms with Gasteiger partial charge in [0.05, 0.1) is 7.11 Å². The number of aromatic nitrogens is 2. The summed E-state index contributed by atoms with van der Waals surface area (Å²) in [6.45, 7) is 3.64. The Balaban J connectivity index is 2.26. The summed E-state index contributed by atoms with van der Waals surface area (Å²) >= 11 is 0. The van der Waals surface area contributed by atoms with Crippen LogP contribution in [0.4, 0.5) is 0 Å². The number of ether oxygens (including phenoxy) is 1. The summed E-state index contributed by atoms with van der Waals surface area (Å²) in [6, 6.07) is 7.34. The zero-order chi connectivity index (χ0) is 15.9. The van der Waals surface area contributed by atoms with Crippen LogP contribution in [0.5, 0.6) is 5.75 Å². The predicted octanol–water partition coefficient (Wildman–Crippen LogP) is 2.60. The van der Waals surface area contributed by atoms with Gasteiger partial charge in [0.2, 0.25) is 5.91 Å². The molecule has 5 heteroatoms. The highest BCUT2D eigenvalue weighted by atomic mass is 16.5. The molecule has 1 aromatic heterocycles. The lowest BCUT2D eigenvalue weighted by molar-refractivity contribution is -0.121. The second-order valence-electron chi connectivity index (χ2n) is 5.00. The molecule has 1 heterocycles. The first-order chi connectivity index (χ1) is 10.7. The zero-order valence-corrected chi connectivity index (χ0v) is 13.0. The van der Waals surface area contributed by atoms with Crippen LogP contribution in [0.3, 0.4) is 0 Å². The number of nitrogens with zero attached hydrogens (tertiary/aromatic N) is 2. The molecule has 0 spiro atoms. The molecular formula is C17H21N3O2. The van der Waals surface area contributed by atoms with E-state index in [0.717, 1.165) is 17.1 Å². The van der Waals surface area contributed by atoms with Crippen LogP contribution in [0.25, 0.3) is 0 Å². The van der Waals surface area contributed by atoms with Gasteiger partial charge in [-0.2, -0.15) is 0 Å². The number of hydrogen-bond acceptors (Lipinski definition) is 3. The first kappa shape index (κ1) is 15.8. The standard InChI is InChI=1S/C17H21N3O2/c1-4-5-6-15(21)19-16(17-18-11-12-20(17)2)13-7-9-14(22-3)10-8-13/h4,7-12,16H,1,5-6H2,2-3H3,(H,19,21)/t16-/m1/s1. The molecule has 116 valence electrons. The molecule has 1 aromatic carbocycles. The molecule has 0 unspecified atom stereocenters. The van der Waals surface area contributed by atoms with Gasteiger partial charge in [-0.15, -0.1) is 6.58 Å². The number of aryl methyl sites for hydroxylation is 1. The summed E-state index contributed by atoms with van der Waals surface area (Å²) in [4.78, 5) is 16.5. The predicted molar refractivity (Wildman–Crippen MR) is 85.6 cm³/mol. The fraction of sp³-hybridized carbons (Fsp3) is 0.294. The molecule has 0 aliphatic heterocycles. The Morgan fingerprint density at radius 3 is 2.73 bits per heavy atom. The summed E-state index contributed by atoms with van der Waals surface area (Å²) in [5, 5.41) is 3.04. The van der Waals surface area contributed by atoms with Gasteiger partial charge in [-0.3, -0.25) is 4.79 Å². The van der Waals surface area contributed by atoms with Gasteiger partial charge in [0.15, 0.2) is 0 Å². The highest BCUT2D eigenvalue weighted by Crippen LogP contribution is 2.23. The van der Waals surface area contributed by atoms with E-state index in [-0.39, 0.29) is 11.9 Å². The van der Waals surface area contributed by atoms with Crippen LogP contribution >= 0.6 is 0 Å². The Hall–Kier alpha value is -2.56. The van der Waals surface area contributed by atoms with Crippen molar-refractivity contribution in [3.63, 3.8) is 0 Å². The van der Waals surface area contributed by atoms with E-state index in [0.29, 0.717) is 12.8 Å². The monoisotopic (exact) mass is 299 g/mol. The topological polar surface area (TPSA) is 56.1 Å². The number of benzene rings is 1. The van der Waals surface area contributed by atoms with Crippen LogP contribution < -0.4 is 10.1 Å². The summed E-state index contributed by atoms with van der Waals surface area (Å²) in [5.74, 6) is 1.54. The lowest BCUT2D eigenvalue weighted by Crippen LogP contribution is -2.30. The van der Waals surface area contributed by atoms with E-state index in [1.54, 1.807) is 19.4 Å². The SMILES string of the molecule is C=CCCC(=O)N[C@H](c1ccc(OC)cc1)c1nccn1C. The third-order valence-corrected chi connectivity index (χ3v) is 3.45. The van der Waals surface area contributed by atoms with Crippen LogP contribution in [-0.2, 0) is 11.8 Å². The second kappa shape index (κ2) is 7.45. The van der Waals surface area contributed by atoms with Crippen molar-refractivity contribution in [2.45, 2.75) is 18.9 Å². The van der Waals surface area contributed by atoms with Crippen molar-refractivity contribution in [1.29, 1.82) is 0 Å². The number of allylic oxidation sites excluding steroid dienone is 1. The van der Waals surface area contributed by atoms with Crippen molar-refractivity contribution >= 4 is 5.91 Å². The smallest absolute Gasteiger partial charge is 0.221 e. The normalized spacial score (nSPS) is 11.7. The lowest BCUT2D eigenvalue weighted by atomic mass is 10.1. The van der Waals surface area contributed by atoms with Crippen molar-refractivity contribution in [2.75, 3.05) is 7.11 Å². The van der Waals surface area contributed by atoms with Crippen molar-refractivity contribution in [3.8, 4) is 5.75 Å². The summed E-state index contributed by atoms with van der Waals surface area (Å²) < 4.78 is 7.08. The maximum Gasteiger partial charge on any atom is 0.221 e. The molecular weight excluding hydrogens is 278 g/mol. The Labute approximate surface area is 130 Å². The van der Waals surface area contributed by atoms with E-state index in [1.165, 1.54) is 0 Å². The Morgan fingerprint density at radius 2 is 2.18 bits per heavy atom. The van der Waals surface area contributed by atoms with E-state index >= 15 is 0 Å². The molecule has 0 saturated carbocycles. The maximum absolute atomic E-state index is 12.1. The first-order valence-electron chi connectivity index (χ1n) is 7.17. The number of carbonyl (C=O) groups excluding carboxylic acids is 1. The van der Waals surface area contributed by atoms with Crippen molar-refractivity contribution in [2.24, 2.45) is 7.05 Å². The maximum atomic E-state index is 12.1. The number of nitrogens with one attached hydrogen (secondary N) is 1. The molecule has 22 heavy (non-hydrogen) atoms. The van der Waals surface area contributed by atoms with Gasteiger partial charge in [0.1, 0.15) is 17.6 Å². The number of rotatable bonds is 7. The Bertz CT molecular complexity index is 632. The van der Waals surface area contributed by atoms with Gasteiger partial charge < -0.3 is 14.6 Å². The van der Waals surface area contributed by atoms with Gasteiger partial charge >= 0.3 is 0 Å². The minimum Gasteiger partial charge on any atom is -0.497 e. The highest BCUT2D eigenvalue weighted by molar-refractivity contribution is 5.77. The van der Waals surface area contributed by atoms with Crippen molar-refractivity contribution in [3.05, 3.63) is 60.7 Å². The van der Waals surface area contributed by atoms with Crippen LogP contribution in [-0.4, -0.2) is 22.6 Å². The molecule has 1 N–H and O–H groups in total. The average Bonchev–Trinajstić information content (AvgIpc) is 2.96. The zero-order valence-electron chi connectivity index (χ0n) is 13.0. The molecule has 1 amide bonds. The molecule has 0 radical (unpaired) electrons. The summed E-state index contributed by atoms with van der Waals surface area (Å²) in [7, 11) is 3.54. The first-order valence-corrected chi connectivity index (χ1v) is 7.17.